The van der Waals surface area contributed by atoms with Crippen LogP contribution in [-0.4, -0.2) is 15.0 Å². The summed E-state index contributed by atoms with van der Waals surface area (Å²) in [5.74, 6) is 1.98. The molecule has 10 rings (SSSR count). The first-order valence-corrected chi connectivity index (χ1v) is 19.6. The number of rotatable bonds is 7. The molecule has 10 aromatic rings. The molecule has 264 valence electrons. The standard InChI is InChI=1S/C52H35N3S/c1-3-4-6-16-33(2)47-40-20-9-11-22-42(40)48(43-23-12-10-21-41(43)47)37-29-27-36-32-38(30-28-35(36)31-37)51-53-50(34-17-7-5-8-18-34)54-52(55-51)45-25-15-24-44-39-19-13-14-26-46(39)56-49(44)45/h3-32H,1H2,2H3/b6-4-,33-16+. The predicted molar refractivity (Wildman–Crippen MR) is 240 cm³/mol. The van der Waals surface area contributed by atoms with Crippen LogP contribution >= 0.6 is 11.3 Å². The molecule has 2 heterocycles. The molecule has 0 spiro atoms. The molecule has 0 bridgehead atoms. The van der Waals surface area contributed by atoms with Crippen LogP contribution in [-0.2, 0) is 0 Å². The van der Waals surface area contributed by atoms with Crippen LogP contribution < -0.4 is 0 Å². The molecule has 0 fully saturated rings. The molecule has 3 nitrogen and oxygen atoms in total. The summed E-state index contributed by atoms with van der Waals surface area (Å²) in [6.45, 7) is 6.03. The Hall–Kier alpha value is -7.01. The zero-order valence-corrected chi connectivity index (χ0v) is 31.6. The van der Waals surface area contributed by atoms with Gasteiger partial charge in [0.1, 0.15) is 0 Å². The van der Waals surface area contributed by atoms with Gasteiger partial charge in [-0.2, -0.15) is 0 Å². The lowest BCUT2D eigenvalue weighted by Crippen LogP contribution is -2.00. The topological polar surface area (TPSA) is 38.7 Å². The summed E-state index contributed by atoms with van der Waals surface area (Å²) in [7, 11) is 0. The average Bonchev–Trinajstić information content (AvgIpc) is 3.64. The summed E-state index contributed by atoms with van der Waals surface area (Å²) in [6, 6.07) is 56.1. The zero-order valence-electron chi connectivity index (χ0n) is 30.8. The smallest absolute Gasteiger partial charge is 0.165 e. The van der Waals surface area contributed by atoms with E-state index >= 15 is 0 Å². The lowest BCUT2D eigenvalue weighted by atomic mass is 9.85. The molecule has 0 atom stereocenters. The van der Waals surface area contributed by atoms with Crippen molar-refractivity contribution in [3.63, 3.8) is 0 Å². The van der Waals surface area contributed by atoms with Crippen LogP contribution in [0.25, 0.3) is 103 Å². The molecule has 56 heavy (non-hydrogen) atoms. The molecule has 8 aromatic carbocycles. The molecule has 0 aliphatic carbocycles. The molecule has 4 heteroatoms. The highest BCUT2D eigenvalue weighted by molar-refractivity contribution is 7.26. The van der Waals surface area contributed by atoms with Crippen LogP contribution in [0, 0.1) is 0 Å². The summed E-state index contributed by atoms with van der Waals surface area (Å²) in [5.41, 5.74) is 7.81. The molecule has 2 aromatic heterocycles. The molecule has 0 unspecified atom stereocenters. The van der Waals surface area contributed by atoms with E-state index in [2.05, 4.69) is 165 Å². The number of aromatic nitrogens is 3. The van der Waals surface area contributed by atoms with Crippen molar-refractivity contribution in [2.75, 3.05) is 0 Å². The van der Waals surface area contributed by atoms with E-state index in [0.29, 0.717) is 17.5 Å². The van der Waals surface area contributed by atoms with Gasteiger partial charge >= 0.3 is 0 Å². The number of nitrogens with zero attached hydrogens (tertiary/aromatic N) is 3. The van der Waals surface area contributed by atoms with Gasteiger partial charge in [-0.05, 0) is 85.8 Å². The van der Waals surface area contributed by atoms with Gasteiger partial charge in [-0.1, -0.05) is 164 Å². The molecule has 0 amide bonds. The van der Waals surface area contributed by atoms with Gasteiger partial charge in [-0.15, -0.1) is 11.3 Å². The fraction of sp³-hybridized carbons (Fsp3) is 0.0192. The maximum absolute atomic E-state index is 5.18. The maximum Gasteiger partial charge on any atom is 0.165 e. The van der Waals surface area contributed by atoms with E-state index in [1.807, 2.05) is 30.4 Å². The zero-order chi connectivity index (χ0) is 37.6. The second-order valence-electron chi connectivity index (χ2n) is 14.0. The lowest BCUT2D eigenvalue weighted by Gasteiger charge is -2.18. The first-order valence-electron chi connectivity index (χ1n) is 18.8. The Balaban J connectivity index is 1.12. The summed E-state index contributed by atoms with van der Waals surface area (Å²) >= 11 is 1.79. The van der Waals surface area contributed by atoms with Crippen LogP contribution in [0.15, 0.2) is 189 Å². The molecule has 0 radical (unpaired) electrons. The van der Waals surface area contributed by atoms with Crippen LogP contribution in [0.5, 0.6) is 0 Å². The molecule has 0 N–H and O–H groups in total. The van der Waals surface area contributed by atoms with E-state index in [4.69, 9.17) is 15.0 Å². The van der Waals surface area contributed by atoms with Gasteiger partial charge in [-0.3, -0.25) is 0 Å². The molecular weight excluding hydrogens is 699 g/mol. The SMILES string of the molecule is C=C/C=C\C=C(/C)c1c2ccccc2c(-c2ccc3cc(-c4nc(-c5ccccc5)nc(-c5cccc6c5sc5ccccc56)n4)ccc3c2)c2ccccc12. The van der Waals surface area contributed by atoms with Crippen LogP contribution in [0.4, 0.5) is 0 Å². The fourth-order valence-corrected chi connectivity index (χ4v) is 9.24. The highest BCUT2D eigenvalue weighted by atomic mass is 32.1. The van der Waals surface area contributed by atoms with Gasteiger partial charge in [0, 0.05) is 36.9 Å². The predicted octanol–water partition coefficient (Wildman–Crippen LogP) is 14.5. The van der Waals surface area contributed by atoms with Crippen LogP contribution in [0.1, 0.15) is 12.5 Å². The lowest BCUT2D eigenvalue weighted by molar-refractivity contribution is 1.08. The maximum atomic E-state index is 5.18. The van der Waals surface area contributed by atoms with Gasteiger partial charge in [0.2, 0.25) is 0 Å². The van der Waals surface area contributed by atoms with Gasteiger partial charge in [0.25, 0.3) is 0 Å². The van der Waals surface area contributed by atoms with Crippen molar-refractivity contribution in [3.05, 3.63) is 194 Å². The monoisotopic (exact) mass is 733 g/mol. The van der Waals surface area contributed by atoms with Gasteiger partial charge < -0.3 is 0 Å². The van der Waals surface area contributed by atoms with Gasteiger partial charge in [0.15, 0.2) is 17.5 Å². The molecule has 0 aliphatic heterocycles. The van der Waals surface area contributed by atoms with Crippen LogP contribution in [0.3, 0.4) is 0 Å². The second kappa shape index (κ2) is 14.0. The number of hydrogen-bond acceptors (Lipinski definition) is 4. The van der Waals surface area contributed by atoms with Crippen molar-refractivity contribution >= 4 is 69.4 Å². The molecule has 0 aliphatic rings. The largest absolute Gasteiger partial charge is 0.208 e. The minimum Gasteiger partial charge on any atom is -0.208 e. The third kappa shape index (κ3) is 5.79. The van der Waals surface area contributed by atoms with E-state index in [0.717, 1.165) is 27.5 Å². The van der Waals surface area contributed by atoms with Crippen molar-refractivity contribution in [2.45, 2.75) is 6.92 Å². The minimum atomic E-state index is 0.650. The first-order chi connectivity index (χ1) is 27.6. The fourth-order valence-electron chi connectivity index (χ4n) is 8.03. The number of thiophene rings is 1. The highest BCUT2D eigenvalue weighted by Crippen LogP contribution is 2.43. The Labute approximate surface area is 329 Å². The first kappa shape index (κ1) is 33.6. The molecule has 0 saturated carbocycles. The Morgan fingerprint density at radius 3 is 1.79 bits per heavy atom. The molecular formula is C52H35N3S. The second-order valence-corrected chi connectivity index (χ2v) is 15.1. The number of benzene rings is 8. The Kier molecular flexibility index (Phi) is 8.39. The Morgan fingerprint density at radius 1 is 0.500 bits per heavy atom. The van der Waals surface area contributed by atoms with E-state index in [-0.39, 0.29) is 0 Å². The summed E-state index contributed by atoms with van der Waals surface area (Å²) < 4.78 is 2.43. The van der Waals surface area contributed by atoms with E-state index in [1.165, 1.54) is 64.0 Å². The van der Waals surface area contributed by atoms with E-state index in [9.17, 15) is 0 Å². The van der Waals surface area contributed by atoms with Crippen molar-refractivity contribution in [1.82, 2.24) is 15.0 Å². The van der Waals surface area contributed by atoms with Gasteiger partial charge in [0.05, 0.1) is 0 Å². The van der Waals surface area contributed by atoms with Crippen molar-refractivity contribution in [3.8, 4) is 45.3 Å². The Morgan fingerprint density at radius 2 is 1.07 bits per heavy atom. The van der Waals surface area contributed by atoms with Crippen molar-refractivity contribution < 1.29 is 0 Å². The molecule has 0 saturated heterocycles. The van der Waals surface area contributed by atoms with E-state index in [1.54, 1.807) is 11.3 Å². The summed E-state index contributed by atoms with van der Waals surface area (Å²) in [5, 5.41) is 9.69. The van der Waals surface area contributed by atoms with Gasteiger partial charge in [-0.25, -0.2) is 15.0 Å². The van der Waals surface area contributed by atoms with Crippen molar-refractivity contribution in [1.29, 1.82) is 0 Å². The van der Waals surface area contributed by atoms with Crippen molar-refractivity contribution in [2.24, 2.45) is 0 Å². The minimum absolute atomic E-state index is 0.650. The quantitative estimate of drug-likeness (QED) is 0.121. The number of fused-ring (bicyclic) bond motifs is 6. The van der Waals surface area contributed by atoms with E-state index < -0.39 is 0 Å². The summed E-state index contributed by atoms with van der Waals surface area (Å²) in [6.07, 6.45) is 8.01. The normalized spacial score (nSPS) is 12.1. The number of hydrogen-bond donors (Lipinski definition) is 0. The third-order valence-electron chi connectivity index (χ3n) is 10.6. The Bertz CT molecular complexity index is 3170. The number of allylic oxidation sites excluding steroid dienone is 5. The van der Waals surface area contributed by atoms with Crippen LogP contribution in [0.2, 0.25) is 0 Å². The summed E-state index contributed by atoms with van der Waals surface area (Å²) in [4.78, 5) is 15.3. The average molecular weight is 734 g/mol. The highest BCUT2D eigenvalue weighted by Gasteiger charge is 2.19. The third-order valence-corrected chi connectivity index (χ3v) is 11.8.